The van der Waals surface area contributed by atoms with Crippen LogP contribution in [0.1, 0.15) is 22.3 Å². The maximum atomic E-state index is 12.3. The predicted molar refractivity (Wildman–Crippen MR) is 100 cm³/mol. The fourth-order valence-electron chi connectivity index (χ4n) is 2.52. The summed E-state index contributed by atoms with van der Waals surface area (Å²) in [5.74, 6) is -0.749. The lowest BCUT2D eigenvalue weighted by Gasteiger charge is -2.18. The van der Waals surface area contributed by atoms with Gasteiger partial charge in [0.1, 0.15) is 0 Å². The number of methoxy groups -OCH3 is 1. The van der Waals surface area contributed by atoms with Crippen molar-refractivity contribution in [2.75, 3.05) is 26.0 Å². The Bertz CT molecular complexity index is 823. The lowest BCUT2D eigenvalue weighted by molar-refractivity contribution is -0.384. The molecule has 2 aromatic carbocycles. The van der Waals surface area contributed by atoms with Crippen molar-refractivity contribution in [1.82, 2.24) is 4.90 Å². The molecular formula is C19H21N3O5. The van der Waals surface area contributed by atoms with Crippen molar-refractivity contribution in [3.8, 4) is 0 Å². The molecule has 0 fully saturated rings. The summed E-state index contributed by atoms with van der Waals surface area (Å²) in [5, 5.41) is 13.9. The molecule has 8 nitrogen and oxygen atoms in total. The number of nitrogens with zero attached hydrogens (tertiary/aromatic N) is 2. The minimum Gasteiger partial charge on any atom is -0.465 e. The van der Waals surface area contributed by atoms with Gasteiger partial charge in [-0.25, -0.2) is 4.79 Å². The molecule has 0 aromatic heterocycles. The number of amides is 1. The van der Waals surface area contributed by atoms with E-state index in [1.54, 1.807) is 11.9 Å². The summed E-state index contributed by atoms with van der Waals surface area (Å²) in [7, 11) is 2.92. The Morgan fingerprint density at radius 1 is 1.19 bits per heavy atom. The number of non-ortho nitro benzene ring substituents is 1. The fourth-order valence-corrected chi connectivity index (χ4v) is 2.52. The van der Waals surface area contributed by atoms with Gasteiger partial charge < -0.3 is 15.0 Å². The summed E-state index contributed by atoms with van der Waals surface area (Å²) in [6.07, 6.45) is 0.209. The summed E-state index contributed by atoms with van der Waals surface area (Å²) in [6, 6.07) is 13.5. The number of anilines is 1. The highest BCUT2D eigenvalue weighted by atomic mass is 16.6. The third-order valence-electron chi connectivity index (χ3n) is 3.96. The third-order valence-corrected chi connectivity index (χ3v) is 3.96. The van der Waals surface area contributed by atoms with E-state index in [1.807, 2.05) is 30.3 Å². The van der Waals surface area contributed by atoms with Gasteiger partial charge in [0.25, 0.3) is 5.69 Å². The van der Waals surface area contributed by atoms with Gasteiger partial charge in [-0.1, -0.05) is 30.3 Å². The first-order valence-corrected chi connectivity index (χ1v) is 8.31. The maximum Gasteiger partial charge on any atom is 0.340 e. The average molecular weight is 371 g/mol. The Hall–Kier alpha value is -3.42. The van der Waals surface area contributed by atoms with Crippen LogP contribution in [0.4, 0.5) is 11.4 Å². The van der Waals surface area contributed by atoms with Crippen molar-refractivity contribution >= 4 is 23.3 Å². The molecule has 0 unspecified atom stereocenters. The van der Waals surface area contributed by atoms with Gasteiger partial charge in [0, 0.05) is 44.4 Å². The van der Waals surface area contributed by atoms with Gasteiger partial charge in [-0.15, -0.1) is 0 Å². The molecule has 8 heteroatoms. The first kappa shape index (κ1) is 19.9. The number of carbonyl (C=O) groups excluding carboxylic acids is 2. The van der Waals surface area contributed by atoms with E-state index in [0.717, 1.165) is 11.6 Å². The lowest BCUT2D eigenvalue weighted by Crippen LogP contribution is -2.27. The molecule has 0 aliphatic heterocycles. The van der Waals surface area contributed by atoms with Crippen molar-refractivity contribution in [3.63, 3.8) is 0 Å². The van der Waals surface area contributed by atoms with E-state index in [-0.39, 0.29) is 30.1 Å². The highest BCUT2D eigenvalue weighted by molar-refractivity contribution is 5.96. The molecule has 0 bridgehead atoms. The monoisotopic (exact) mass is 371 g/mol. The van der Waals surface area contributed by atoms with Gasteiger partial charge in [-0.05, 0) is 11.6 Å². The van der Waals surface area contributed by atoms with Crippen molar-refractivity contribution in [1.29, 1.82) is 0 Å². The topological polar surface area (TPSA) is 102 Å². The summed E-state index contributed by atoms with van der Waals surface area (Å²) in [5.41, 5.74) is 1.26. The number of rotatable bonds is 8. The molecule has 1 amide bonds. The lowest BCUT2D eigenvalue weighted by atomic mass is 10.1. The molecule has 0 saturated carbocycles. The van der Waals surface area contributed by atoms with Crippen LogP contribution in [0.2, 0.25) is 0 Å². The van der Waals surface area contributed by atoms with Gasteiger partial charge >= 0.3 is 5.97 Å². The molecule has 27 heavy (non-hydrogen) atoms. The summed E-state index contributed by atoms with van der Waals surface area (Å²) in [6.45, 7) is 0.782. The van der Waals surface area contributed by atoms with Crippen LogP contribution in [0.25, 0.3) is 0 Å². The van der Waals surface area contributed by atoms with Crippen molar-refractivity contribution in [2.24, 2.45) is 0 Å². The molecular weight excluding hydrogens is 350 g/mol. The molecule has 0 aliphatic carbocycles. The van der Waals surface area contributed by atoms with Crippen LogP contribution in [-0.4, -0.2) is 42.4 Å². The first-order chi connectivity index (χ1) is 12.9. The number of esters is 1. The molecule has 0 spiro atoms. The van der Waals surface area contributed by atoms with Crippen LogP contribution >= 0.6 is 0 Å². The zero-order valence-electron chi connectivity index (χ0n) is 15.2. The van der Waals surface area contributed by atoms with Crippen molar-refractivity contribution < 1.29 is 19.2 Å². The van der Waals surface area contributed by atoms with Gasteiger partial charge in [0.15, 0.2) is 0 Å². The highest BCUT2D eigenvalue weighted by Crippen LogP contribution is 2.23. The molecule has 0 heterocycles. The van der Waals surface area contributed by atoms with Crippen LogP contribution in [-0.2, 0) is 16.1 Å². The fraction of sp³-hybridized carbons (Fsp3) is 0.263. The number of carbonyl (C=O) groups is 2. The zero-order valence-corrected chi connectivity index (χ0v) is 15.2. The van der Waals surface area contributed by atoms with E-state index in [0.29, 0.717) is 12.2 Å². The molecule has 1 N–H and O–H groups in total. The zero-order chi connectivity index (χ0) is 19.8. The normalized spacial score (nSPS) is 10.1. The van der Waals surface area contributed by atoms with Crippen molar-refractivity contribution in [3.05, 3.63) is 69.8 Å². The highest BCUT2D eigenvalue weighted by Gasteiger charge is 2.17. The largest absolute Gasteiger partial charge is 0.465 e. The van der Waals surface area contributed by atoms with Gasteiger partial charge in [0.2, 0.25) is 5.91 Å². The average Bonchev–Trinajstić information content (AvgIpc) is 2.68. The van der Waals surface area contributed by atoms with Gasteiger partial charge in [-0.2, -0.15) is 0 Å². The predicted octanol–water partition coefficient (Wildman–Crippen LogP) is 2.84. The molecule has 2 rings (SSSR count). The Balaban J connectivity index is 1.96. The second-order valence-corrected chi connectivity index (χ2v) is 5.89. The first-order valence-electron chi connectivity index (χ1n) is 8.31. The van der Waals surface area contributed by atoms with E-state index in [1.165, 1.54) is 19.2 Å². The Morgan fingerprint density at radius 2 is 1.89 bits per heavy atom. The van der Waals surface area contributed by atoms with Crippen LogP contribution in [0.15, 0.2) is 48.5 Å². The number of nitro groups is 1. The van der Waals surface area contributed by atoms with Crippen molar-refractivity contribution in [2.45, 2.75) is 13.0 Å². The minimum atomic E-state index is -0.686. The second-order valence-electron chi connectivity index (χ2n) is 5.89. The number of ether oxygens (including phenoxy) is 1. The number of hydrogen-bond acceptors (Lipinski definition) is 6. The number of hydrogen-bond donors (Lipinski definition) is 1. The van der Waals surface area contributed by atoms with E-state index in [4.69, 9.17) is 0 Å². The quantitative estimate of drug-likeness (QED) is 0.435. The van der Waals surface area contributed by atoms with Gasteiger partial charge in [-0.3, -0.25) is 14.9 Å². The SMILES string of the molecule is COC(=O)c1cc([N+](=O)[O-])ccc1NCCC(=O)N(C)Cc1ccccc1. The van der Waals surface area contributed by atoms with E-state index in [2.05, 4.69) is 10.1 Å². The Morgan fingerprint density at radius 3 is 2.52 bits per heavy atom. The number of benzene rings is 2. The molecule has 0 aliphatic rings. The summed E-state index contributed by atoms with van der Waals surface area (Å²) < 4.78 is 4.67. The standard InChI is InChI=1S/C19H21N3O5/c1-21(13-14-6-4-3-5-7-14)18(23)10-11-20-17-9-8-15(22(25)26)12-16(17)19(24)27-2/h3-9,12,20H,10-11,13H2,1-2H3. The Kier molecular flexibility index (Phi) is 6.87. The van der Waals surface area contributed by atoms with E-state index >= 15 is 0 Å². The van der Waals surface area contributed by atoms with Crippen LogP contribution in [0.5, 0.6) is 0 Å². The van der Waals surface area contributed by atoms with Crippen LogP contribution in [0, 0.1) is 10.1 Å². The van der Waals surface area contributed by atoms with Crippen LogP contribution in [0.3, 0.4) is 0 Å². The van der Waals surface area contributed by atoms with E-state index < -0.39 is 10.9 Å². The maximum absolute atomic E-state index is 12.3. The van der Waals surface area contributed by atoms with Gasteiger partial charge in [0.05, 0.1) is 17.6 Å². The number of nitrogens with one attached hydrogen (secondary N) is 1. The Labute approximate surface area is 156 Å². The second kappa shape index (κ2) is 9.33. The number of nitro benzene ring substituents is 1. The summed E-state index contributed by atoms with van der Waals surface area (Å²) in [4.78, 5) is 36.0. The van der Waals surface area contributed by atoms with E-state index in [9.17, 15) is 19.7 Å². The molecule has 0 saturated heterocycles. The molecule has 2 aromatic rings. The third kappa shape index (κ3) is 5.53. The molecule has 0 radical (unpaired) electrons. The smallest absolute Gasteiger partial charge is 0.340 e. The minimum absolute atomic E-state index is 0.0526. The summed E-state index contributed by atoms with van der Waals surface area (Å²) >= 11 is 0. The van der Waals surface area contributed by atoms with Crippen LogP contribution < -0.4 is 5.32 Å². The molecule has 142 valence electrons. The molecule has 0 atom stereocenters.